The van der Waals surface area contributed by atoms with Crippen LogP contribution in [0.2, 0.25) is 0 Å². The molecule has 2 fully saturated rings. The maximum Gasteiger partial charge on any atom is 0.308 e. The van der Waals surface area contributed by atoms with Gasteiger partial charge in [-0.1, -0.05) is 0 Å². The van der Waals surface area contributed by atoms with Crippen molar-refractivity contribution in [3.8, 4) is 17.2 Å². The van der Waals surface area contributed by atoms with Crippen molar-refractivity contribution in [2.45, 2.75) is 56.2 Å². The van der Waals surface area contributed by atoms with Crippen LogP contribution in [0.1, 0.15) is 42.2 Å². The molecule has 1 amide bonds. The predicted molar refractivity (Wildman–Crippen MR) is 141 cm³/mol. The highest BCUT2D eigenvalue weighted by molar-refractivity contribution is 9.10. The summed E-state index contributed by atoms with van der Waals surface area (Å²) in [5, 5.41) is 13.0. The van der Waals surface area contributed by atoms with E-state index in [0.29, 0.717) is 17.7 Å². The Kier molecular flexibility index (Phi) is 5.73. The minimum absolute atomic E-state index is 0.0671. The molecule has 0 unspecified atom stereocenters. The lowest BCUT2D eigenvalue weighted by molar-refractivity contribution is -0.134. The Balaban J connectivity index is 1.41. The number of ether oxygens (including phenoxy) is 2. The van der Waals surface area contributed by atoms with Gasteiger partial charge in [-0.2, -0.15) is 0 Å². The van der Waals surface area contributed by atoms with Gasteiger partial charge >= 0.3 is 5.97 Å². The van der Waals surface area contributed by atoms with Gasteiger partial charge < -0.3 is 24.4 Å². The molecule has 36 heavy (non-hydrogen) atoms. The number of halogens is 1. The number of carbonyl (C=O) groups excluding carboxylic acids is 2. The number of phenolic OH excluding ortho intramolecular Hbond substituents is 1. The van der Waals surface area contributed by atoms with Crippen molar-refractivity contribution in [3.05, 3.63) is 44.1 Å². The maximum atomic E-state index is 13.3. The third-order valence-corrected chi connectivity index (χ3v) is 10.4. The molecular weight excluding hydrogens is 544 g/mol. The second kappa shape index (κ2) is 8.60. The number of hydrogen-bond donors (Lipinski definition) is 1. The summed E-state index contributed by atoms with van der Waals surface area (Å²) in [6.07, 6.45) is 6.63. The minimum Gasteiger partial charge on any atom is -0.508 e. The van der Waals surface area contributed by atoms with E-state index in [0.717, 1.165) is 52.7 Å². The van der Waals surface area contributed by atoms with E-state index < -0.39 is 5.97 Å². The number of hydrogen-bond acceptors (Lipinski definition) is 7. The number of carbonyl (C=O) groups is 2. The van der Waals surface area contributed by atoms with E-state index in [9.17, 15) is 14.7 Å². The zero-order valence-electron chi connectivity index (χ0n) is 20.5. The lowest BCUT2D eigenvalue weighted by Gasteiger charge is -2.59. The fourth-order valence-electron chi connectivity index (χ4n) is 7.24. The summed E-state index contributed by atoms with van der Waals surface area (Å²) in [4.78, 5) is 30.4. The molecule has 1 saturated heterocycles. The molecule has 1 spiro atoms. The van der Waals surface area contributed by atoms with Gasteiger partial charge in [0.2, 0.25) is 5.91 Å². The Morgan fingerprint density at radius 1 is 1.36 bits per heavy atom. The van der Waals surface area contributed by atoms with Crippen LogP contribution < -0.4 is 9.47 Å². The van der Waals surface area contributed by atoms with Crippen molar-refractivity contribution in [2.24, 2.45) is 5.92 Å². The van der Waals surface area contributed by atoms with Crippen LogP contribution in [-0.4, -0.2) is 65.6 Å². The summed E-state index contributed by atoms with van der Waals surface area (Å²) in [5.41, 5.74) is 1.57. The second-order valence-electron chi connectivity index (χ2n) is 10.5. The number of benzene rings is 1. The van der Waals surface area contributed by atoms with Gasteiger partial charge in [0.25, 0.3) is 0 Å². The van der Waals surface area contributed by atoms with E-state index in [4.69, 9.17) is 9.47 Å². The van der Waals surface area contributed by atoms with Gasteiger partial charge in [0, 0.05) is 63.4 Å². The SMILES string of the molecule is CC(=O)Oc1cc(O)c2c3c1O[C@H]1[C@@H](N(C)C(=O)/C=C/c4cc(Br)cs4)CC[C@H]4[C@@H](C2)N(C)CC[C@@]341. The largest absolute Gasteiger partial charge is 0.508 e. The number of phenols is 1. The maximum absolute atomic E-state index is 13.3. The van der Waals surface area contributed by atoms with Gasteiger partial charge in [0.05, 0.1) is 6.04 Å². The Hall–Kier alpha value is -2.36. The molecule has 190 valence electrons. The molecule has 1 N–H and O–H groups in total. The van der Waals surface area contributed by atoms with Crippen LogP contribution >= 0.6 is 27.3 Å². The smallest absolute Gasteiger partial charge is 0.308 e. The van der Waals surface area contributed by atoms with Gasteiger partial charge in [-0.05, 0) is 73.3 Å². The average Bonchev–Trinajstić information content (AvgIpc) is 3.41. The Morgan fingerprint density at radius 2 is 2.17 bits per heavy atom. The van der Waals surface area contributed by atoms with Gasteiger partial charge in [0.15, 0.2) is 11.5 Å². The highest BCUT2D eigenvalue weighted by atomic mass is 79.9. The van der Waals surface area contributed by atoms with Crippen molar-refractivity contribution in [1.82, 2.24) is 9.80 Å². The van der Waals surface area contributed by atoms with E-state index in [-0.39, 0.29) is 35.0 Å². The van der Waals surface area contributed by atoms with Crippen LogP contribution in [0.15, 0.2) is 28.1 Å². The van der Waals surface area contributed by atoms with E-state index in [2.05, 4.69) is 27.9 Å². The van der Waals surface area contributed by atoms with Crippen LogP contribution in [0.5, 0.6) is 17.2 Å². The van der Waals surface area contributed by atoms with Crippen LogP contribution in [0.25, 0.3) is 6.08 Å². The van der Waals surface area contributed by atoms with Crippen molar-refractivity contribution in [3.63, 3.8) is 0 Å². The van der Waals surface area contributed by atoms with Crippen molar-refractivity contribution in [2.75, 3.05) is 20.6 Å². The zero-order chi connectivity index (χ0) is 25.4. The van der Waals surface area contributed by atoms with Crippen LogP contribution in [-0.2, 0) is 21.4 Å². The summed E-state index contributed by atoms with van der Waals surface area (Å²) in [6, 6.07) is 3.67. The Labute approximate surface area is 222 Å². The van der Waals surface area contributed by atoms with E-state index in [1.165, 1.54) is 13.0 Å². The molecule has 2 aliphatic heterocycles. The molecule has 5 atom stereocenters. The minimum atomic E-state index is -0.454. The van der Waals surface area contributed by atoms with Crippen LogP contribution in [0.4, 0.5) is 0 Å². The molecule has 1 aromatic carbocycles. The quantitative estimate of drug-likeness (QED) is 0.333. The first kappa shape index (κ1) is 24.0. The lowest BCUT2D eigenvalue weighted by atomic mass is 9.51. The standard InChI is InChI=1S/C27H29BrN2O5S/c1-14(31)34-22-12-21(32)17-11-20-18-5-6-19(30(3)23(33)7-4-16-10-15(28)13-36-16)26-27(18,8-9-29(20)2)24(17)25(22)35-26/h4,7,10,12-13,18-20,26,32H,5-6,8-9,11H2,1-3H3/b7-4+/t18-,19-,20+,26-,27-/m0/s1. The normalized spacial score (nSPS) is 30.1. The van der Waals surface area contributed by atoms with Crippen molar-refractivity contribution in [1.29, 1.82) is 0 Å². The number of nitrogens with zero attached hydrogens (tertiary/aromatic N) is 2. The molecular formula is C27H29BrN2O5S. The third kappa shape index (κ3) is 3.46. The fourth-order valence-corrected chi connectivity index (χ4v) is 8.58. The zero-order valence-corrected chi connectivity index (χ0v) is 22.9. The Bertz CT molecular complexity index is 1290. The molecule has 4 aliphatic rings. The predicted octanol–water partition coefficient (Wildman–Crippen LogP) is 4.35. The molecule has 1 aromatic heterocycles. The van der Waals surface area contributed by atoms with E-state index in [1.807, 2.05) is 29.5 Å². The van der Waals surface area contributed by atoms with Gasteiger partial charge in [-0.15, -0.1) is 11.3 Å². The number of esters is 1. The fraction of sp³-hybridized carbons (Fsp3) is 0.481. The monoisotopic (exact) mass is 572 g/mol. The summed E-state index contributed by atoms with van der Waals surface area (Å²) in [6.45, 7) is 2.27. The number of rotatable bonds is 4. The highest BCUT2D eigenvalue weighted by Gasteiger charge is 2.66. The molecule has 2 bridgehead atoms. The third-order valence-electron chi connectivity index (χ3n) is 8.73. The first-order valence-electron chi connectivity index (χ1n) is 12.3. The molecule has 1 saturated carbocycles. The number of likely N-dealkylation sites (N-methyl/N-ethyl adjacent to an activating group) is 2. The summed E-state index contributed by atoms with van der Waals surface area (Å²) < 4.78 is 13.2. The molecule has 0 radical (unpaired) electrons. The number of amides is 1. The van der Waals surface area contributed by atoms with Gasteiger partial charge in [0.1, 0.15) is 11.9 Å². The molecule has 2 aliphatic carbocycles. The number of aromatic hydroxyl groups is 1. The first-order valence-corrected chi connectivity index (χ1v) is 14.0. The number of thiophene rings is 1. The van der Waals surface area contributed by atoms with Crippen molar-refractivity contribution >= 4 is 45.2 Å². The summed E-state index contributed by atoms with van der Waals surface area (Å²) in [7, 11) is 4.01. The summed E-state index contributed by atoms with van der Waals surface area (Å²) >= 11 is 5.03. The number of likely N-dealkylation sites (tertiary alicyclic amines) is 1. The van der Waals surface area contributed by atoms with Crippen molar-refractivity contribution < 1.29 is 24.2 Å². The Morgan fingerprint density at radius 3 is 2.89 bits per heavy atom. The van der Waals surface area contributed by atoms with E-state index >= 15 is 0 Å². The molecule has 3 heterocycles. The van der Waals surface area contributed by atoms with Gasteiger partial charge in [-0.25, -0.2) is 0 Å². The lowest BCUT2D eigenvalue weighted by Crippen LogP contribution is -2.68. The van der Waals surface area contributed by atoms with Gasteiger partial charge in [-0.3, -0.25) is 9.59 Å². The first-order chi connectivity index (χ1) is 17.2. The highest BCUT2D eigenvalue weighted by Crippen LogP contribution is 2.65. The number of piperidine rings is 1. The molecule has 9 heteroatoms. The molecule has 7 nitrogen and oxygen atoms in total. The summed E-state index contributed by atoms with van der Waals surface area (Å²) in [5.74, 6) is 0.828. The van der Waals surface area contributed by atoms with E-state index in [1.54, 1.807) is 17.4 Å². The molecule has 2 aromatic rings. The second-order valence-corrected chi connectivity index (χ2v) is 12.3. The van der Waals surface area contributed by atoms with Crippen LogP contribution in [0.3, 0.4) is 0 Å². The van der Waals surface area contributed by atoms with Crippen LogP contribution in [0, 0.1) is 5.92 Å². The molecule has 6 rings (SSSR count). The topological polar surface area (TPSA) is 79.3 Å². The average molecular weight is 574 g/mol.